The van der Waals surface area contributed by atoms with Crippen molar-refractivity contribution in [3.8, 4) is 0 Å². The molecule has 0 amide bonds. The Morgan fingerprint density at radius 3 is 2.64 bits per heavy atom. The summed E-state index contributed by atoms with van der Waals surface area (Å²) in [5.41, 5.74) is 12.2. The van der Waals surface area contributed by atoms with Gasteiger partial charge < -0.3 is 16.6 Å². The van der Waals surface area contributed by atoms with E-state index in [1.54, 1.807) is 18.2 Å². The summed E-state index contributed by atoms with van der Waals surface area (Å²) in [4.78, 5) is 21.7. The molecule has 1 aliphatic carbocycles. The number of hydrogen-bond acceptors (Lipinski definition) is 6. The Labute approximate surface area is 128 Å². The van der Waals surface area contributed by atoms with Crippen LogP contribution < -0.4 is 16.4 Å². The van der Waals surface area contributed by atoms with E-state index < -0.39 is 11.6 Å². The number of carboxylic acids is 1. The number of aliphatic imine (C=N–C) groups is 2. The third-order valence-corrected chi connectivity index (χ3v) is 4.20. The van der Waals surface area contributed by atoms with Crippen LogP contribution in [-0.4, -0.2) is 28.7 Å². The molecule has 1 spiro atoms. The van der Waals surface area contributed by atoms with Crippen molar-refractivity contribution in [1.82, 2.24) is 0 Å². The van der Waals surface area contributed by atoms with Gasteiger partial charge in [-0.1, -0.05) is 12.5 Å². The number of guanidine groups is 2. The summed E-state index contributed by atoms with van der Waals surface area (Å²) in [6.07, 6.45) is 4.85. The van der Waals surface area contributed by atoms with Crippen LogP contribution in [0.25, 0.3) is 0 Å². The largest absolute Gasteiger partial charge is 0.478 e. The van der Waals surface area contributed by atoms with Crippen molar-refractivity contribution in [3.63, 3.8) is 0 Å². The third kappa shape index (κ3) is 2.38. The Bertz CT molecular complexity index is 662. The highest BCUT2D eigenvalue weighted by atomic mass is 16.4. The van der Waals surface area contributed by atoms with Crippen LogP contribution in [0.15, 0.2) is 34.3 Å². The monoisotopic (exact) mass is 301 g/mol. The summed E-state index contributed by atoms with van der Waals surface area (Å²) < 4.78 is 0. The van der Waals surface area contributed by atoms with Crippen LogP contribution in [0.4, 0.5) is 5.69 Å². The van der Waals surface area contributed by atoms with E-state index in [0.29, 0.717) is 5.69 Å². The van der Waals surface area contributed by atoms with E-state index in [4.69, 9.17) is 11.5 Å². The van der Waals surface area contributed by atoms with Crippen molar-refractivity contribution in [2.24, 2.45) is 21.5 Å². The van der Waals surface area contributed by atoms with Crippen LogP contribution in [0.2, 0.25) is 0 Å². The lowest BCUT2D eigenvalue weighted by Crippen LogP contribution is -2.58. The summed E-state index contributed by atoms with van der Waals surface area (Å²) in [6, 6.07) is 6.67. The van der Waals surface area contributed by atoms with E-state index in [9.17, 15) is 9.90 Å². The summed E-state index contributed by atoms with van der Waals surface area (Å²) in [5.74, 6) is -0.531. The van der Waals surface area contributed by atoms with Gasteiger partial charge in [-0.05, 0) is 43.9 Å². The van der Waals surface area contributed by atoms with Gasteiger partial charge in [0, 0.05) is 5.69 Å². The molecule has 2 aliphatic rings. The maximum atomic E-state index is 11.2. The Kier molecular flexibility index (Phi) is 3.48. The quantitative estimate of drug-likeness (QED) is 0.765. The Balaban J connectivity index is 2.08. The van der Waals surface area contributed by atoms with E-state index in [2.05, 4.69) is 9.98 Å². The van der Waals surface area contributed by atoms with Crippen molar-refractivity contribution in [2.45, 2.75) is 37.8 Å². The second kappa shape index (κ2) is 5.32. The fourth-order valence-electron chi connectivity index (χ4n) is 3.27. The molecule has 0 radical (unpaired) electrons. The van der Waals surface area contributed by atoms with Gasteiger partial charge in [0.15, 0.2) is 0 Å². The first-order valence-electron chi connectivity index (χ1n) is 7.35. The van der Waals surface area contributed by atoms with Gasteiger partial charge in [0.05, 0.1) is 5.56 Å². The number of benzene rings is 1. The van der Waals surface area contributed by atoms with Crippen LogP contribution in [0.5, 0.6) is 0 Å². The normalized spacial score (nSPS) is 20.5. The van der Waals surface area contributed by atoms with E-state index in [1.807, 2.05) is 11.0 Å². The second-order valence-corrected chi connectivity index (χ2v) is 5.67. The molecule has 116 valence electrons. The number of carbonyl (C=O) groups is 1. The molecule has 0 unspecified atom stereocenters. The minimum absolute atomic E-state index is 0.185. The molecule has 0 bridgehead atoms. The molecule has 7 nitrogen and oxygen atoms in total. The van der Waals surface area contributed by atoms with Crippen molar-refractivity contribution < 1.29 is 9.90 Å². The predicted octanol–water partition coefficient (Wildman–Crippen LogP) is 1.49. The predicted molar refractivity (Wildman–Crippen MR) is 84.9 cm³/mol. The highest BCUT2D eigenvalue weighted by molar-refractivity contribution is 6.06. The van der Waals surface area contributed by atoms with Crippen LogP contribution in [-0.2, 0) is 0 Å². The fourth-order valence-corrected chi connectivity index (χ4v) is 3.27. The van der Waals surface area contributed by atoms with E-state index in [-0.39, 0.29) is 17.5 Å². The van der Waals surface area contributed by atoms with Gasteiger partial charge in [-0.25, -0.2) is 9.79 Å². The van der Waals surface area contributed by atoms with Crippen molar-refractivity contribution in [2.75, 3.05) is 4.90 Å². The number of nitrogens with two attached hydrogens (primary N) is 2. The first-order chi connectivity index (χ1) is 10.5. The Morgan fingerprint density at radius 1 is 1.23 bits per heavy atom. The van der Waals surface area contributed by atoms with Crippen LogP contribution in [0.3, 0.4) is 0 Å². The zero-order valence-corrected chi connectivity index (χ0v) is 12.2. The molecule has 1 heterocycles. The molecular formula is C15H19N5O2. The summed E-state index contributed by atoms with van der Waals surface area (Å²) in [6.45, 7) is 0. The minimum atomic E-state index is -0.977. The first-order valence-corrected chi connectivity index (χ1v) is 7.35. The van der Waals surface area contributed by atoms with Crippen LogP contribution >= 0.6 is 0 Å². The number of hydrogen-bond donors (Lipinski definition) is 3. The number of aromatic carboxylic acids is 1. The fraction of sp³-hybridized carbons (Fsp3) is 0.400. The molecule has 1 saturated carbocycles. The molecule has 7 heteroatoms. The molecule has 5 N–H and O–H groups in total. The number of anilines is 1. The molecule has 1 aromatic rings. The SMILES string of the molecule is NC1=NC2(CCCCC2)N(c2cccc(C(=O)O)c2)C(N)=N1. The molecule has 1 fully saturated rings. The summed E-state index contributed by atoms with van der Waals surface area (Å²) in [7, 11) is 0. The smallest absolute Gasteiger partial charge is 0.335 e. The molecule has 3 rings (SSSR count). The zero-order valence-electron chi connectivity index (χ0n) is 12.2. The third-order valence-electron chi connectivity index (χ3n) is 4.20. The average Bonchev–Trinajstić information content (AvgIpc) is 2.47. The van der Waals surface area contributed by atoms with Crippen molar-refractivity contribution in [1.29, 1.82) is 0 Å². The molecular weight excluding hydrogens is 282 g/mol. The molecule has 0 aromatic heterocycles. The highest BCUT2D eigenvalue weighted by Gasteiger charge is 2.42. The van der Waals surface area contributed by atoms with Crippen LogP contribution in [0, 0.1) is 0 Å². The van der Waals surface area contributed by atoms with E-state index in [1.165, 1.54) is 0 Å². The average molecular weight is 301 g/mol. The van der Waals surface area contributed by atoms with Gasteiger partial charge in [0.2, 0.25) is 11.9 Å². The lowest BCUT2D eigenvalue weighted by molar-refractivity contribution is 0.0697. The van der Waals surface area contributed by atoms with Gasteiger partial charge in [-0.3, -0.25) is 4.90 Å². The van der Waals surface area contributed by atoms with Crippen LogP contribution in [0.1, 0.15) is 42.5 Å². The summed E-state index contributed by atoms with van der Waals surface area (Å²) >= 11 is 0. The standard InChI is InChI=1S/C15H19N5O2/c16-13-18-14(17)20(15(19-13)7-2-1-3-8-15)11-6-4-5-10(9-11)12(21)22/h4-6,9H,1-3,7-8H2,(H,21,22)(H4,16,17,18,19). The van der Waals surface area contributed by atoms with E-state index >= 15 is 0 Å². The van der Waals surface area contributed by atoms with Gasteiger partial charge >= 0.3 is 5.97 Å². The lowest BCUT2D eigenvalue weighted by Gasteiger charge is -2.45. The minimum Gasteiger partial charge on any atom is -0.478 e. The van der Waals surface area contributed by atoms with Gasteiger partial charge in [0.25, 0.3) is 0 Å². The molecule has 1 aliphatic heterocycles. The first kappa shape index (κ1) is 14.4. The molecule has 22 heavy (non-hydrogen) atoms. The Hall–Kier alpha value is -2.57. The van der Waals surface area contributed by atoms with E-state index in [0.717, 1.165) is 32.1 Å². The maximum Gasteiger partial charge on any atom is 0.335 e. The second-order valence-electron chi connectivity index (χ2n) is 5.67. The van der Waals surface area contributed by atoms with Crippen molar-refractivity contribution in [3.05, 3.63) is 29.8 Å². The van der Waals surface area contributed by atoms with Gasteiger partial charge in [0.1, 0.15) is 5.66 Å². The number of rotatable bonds is 2. The van der Waals surface area contributed by atoms with Gasteiger partial charge in [-0.15, -0.1) is 0 Å². The highest BCUT2D eigenvalue weighted by Crippen LogP contribution is 2.39. The topological polar surface area (TPSA) is 117 Å². The van der Waals surface area contributed by atoms with Gasteiger partial charge in [-0.2, -0.15) is 4.99 Å². The molecule has 0 atom stereocenters. The molecule has 1 aromatic carbocycles. The maximum absolute atomic E-state index is 11.2. The number of carboxylic acid groups (broad SMARTS) is 1. The zero-order chi connectivity index (χ0) is 15.7. The Morgan fingerprint density at radius 2 is 1.95 bits per heavy atom. The number of nitrogens with zero attached hydrogens (tertiary/aromatic N) is 3. The molecule has 0 saturated heterocycles. The summed E-state index contributed by atoms with van der Waals surface area (Å²) in [5, 5.41) is 9.19. The lowest BCUT2D eigenvalue weighted by atomic mass is 9.87. The van der Waals surface area contributed by atoms with Crippen molar-refractivity contribution >= 4 is 23.6 Å².